The van der Waals surface area contributed by atoms with Gasteiger partial charge in [-0.3, -0.25) is 0 Å². The van der Waals surface area contributed by atoms with Crippen molar-refractivity contribution < 1.29 is 29.2 Å². The van der Waals surface area contributed by atoms with Crippen LogP contribution in [0.2, 0.25) is 5.02 Å². The predicted molar refractivity (Wildman–Crippen MR) is 100 cm³/mol. The molecule has 2 aromatic carbocycles. The lowest BCUT2D eigenvalue weighted by molar-refractivity contribution is 0.0183. The maximum Gasteiger partial charge on any atom is 0.407 e. The Kier molecular flexibility index (Phi) is 7.72. The number of carbonyl (C=O) groups excluding carboxylic acids is 1. The molecule has 0 aromatic heterocycles. The Morgan fingerprint density at radius 1 is 1.11 bits per heavy atom. The van der Waals surface area contributed by atoms with Gasteiger partial charge < -0.3 is 29.7 Å². The molecule has 3 N–H and O–H groups in total. The van der Waals surface area contributed by atoms with Crippen molar-refractivity contribution in [1.82, 2.24) is 5.32 Å². The van der Waals surface area contributed by atoms with Crippen LogP contribution in [0.5, 0.6) is 11.5 Å². The summed E-state index contributed by atoms with van der Waals surface area (Å²) in [5.41, 5.74) is 1.09. The highest BCUT2D eigenvalue weighted by atomic mass is 35.5. The van der Waals surface area contributed by atoms with E-state index >= 15 is 0 Å². The first-order valence-corrected chi connectivity index (χ1v) is 8.56. The first kappa shape index (κ1) is 20.8. The molecule has 1 amide bonds. The van der Waals surface area contributed by atoms with Crippen molar-refractivity contribution in [3.8, 4) is 11.5 Å². The number of hydrogen-bond acceptors (Lipinski definition) is 6. The van der Waals surface area contributed by atoms with Crippen molar-refractivity contribution >= 4 is 17.7 Å². The molecule has 0 saturated heterocycles. The van der Waals surface area contributed by atoms with Crippen molar-refractivity contribution in [3.05, 3.63) is 58.6 Å². The monoisotopic (exact) mass is 395 g/mol. The molecule has 7 nitrogen and oxygen atoms in total. The largest absolute Gasteiger partial charge is 0.493 e. The Labute approximate surface area is 162 Å². The summed E-state index contributed by atoms with van der Waals surface area (Å²) in [6.07, 6.45) is -3.35. The van der Waals surface area contributed by atoms with Crippen LogP contribution in [0.15, 0.2) is 42.5 Å². The molecule has 2 aromatic rings. The minimum absolute atomic E-state index is 0.104. The number of ether oxygens (including phenoxy) is 3. The van der Waals surface area contributed by atoms with Crippen LogP contribution in [-0.2, 0) is 11.3 Å². The number of alkyl carbamates (subject to hydrolysis) is 1. The lowest BCUT2D eigenvalue weighted by Crippen LogP contribution is -2.35. The Balaban J connectivity index is 1.91. The highest BCUT2D eigenvalue weighted by Crippen LogP contribution is 2.40. The molecule has 0 radical (unpaired) electrons. The molecule has 146 valence electrons. The van der Waals surface area contributed by atoms with Gasteiger partial charge in [0, 0.05) is 12.1 Å². The minimum atomic E-state index is -1.34. The van der Waals surface area contributed by atoms with E-state index in [-0.39, 0.29) is 29.5 Å². The van der Waals surface area contributed by atoms with Crippen molar-refractivity contribution in [2.45, 2.75) is 18.8 Å². The highest BCUT2D eigenvalue weighted by Gasteiger charge is 2.25. The third kappa shape index (κ3) is 5.50. The van der Waals surface area contributed by atoms with Crippen LogP contribution in [0.25, 0.3) is 0 Å². The number of rotatable bonds is 8. The number of carbonyl (C=O) groups is 1. The van der Waals surface area contributed by atoms with Crippen molar-refractivity contribution in [2.24, 2.45) is 0 Å². The van der Waals surface area contributed by atoms with Gasteiger partial charge in [-0.1, -0.05) is 48.0 Å². The van der Waals surface area contributed by atoms with E-state index in [4.69, 9.17) is 25.8 Å². The molecule has 0 spiro atoms. The lowest BCUT2D eigenvalue weighted by atomic mass is 10.0. The van der Waals surface area contributed by atoms with E-state index in [0.717, 1.165) is 5.56 Å². The molecule has 0 saturated carbocycles. The summed E-state index contributed by atoms with van der Waals surface area (Å²) in [5.74, 6) is 0.647. The normalized spacial score (nSPS) is 12.8. The molecule has 0 fully saturated rings. The quantitative estimate of drug-likeness (QED) is 0.635. The van der Waals surface area contributed by atoms with Crippen molar-refractivity contribution in [1.29, 1.82) is 0 Å². The number of hydrogen-bond donors (Lipinski definition) is 3. The Morgan fingerprint density at radius 2 is 1.81 bits per heavy atom. The van der Waals surface area contributed by atoms with Gasteiger partial charge in [0.1, 0.15) is 18.8 Å². The van der Waals surface area contributed by atoms with Crippen LogP contribution < -0.4 is 14.8 Å². The first-order valence-electron chi connectivity index (χ1n) is 8.19. The highest BCUT2D eigenvalue weighted by molar-refractivity contribution is 6.33. The van der Waals surface area contributed by atoms with Crippen molar-refractivity contribution in [2.75, 3.05) is 20.8 Å². The van der Waals surface area contributed by atoms with Crippen LogP contribution >= 0.6 is 11.6 Å². The Morgan fingerprint density at radius 3 is 2.44 bits per heavy atom. The molecular weight excluding hydrogens is 374 g/mol. The van der Waals surface area contributed by atoms with E-state index in [0.29, 0.717) is 5.75 Å². The SMILES string of the molecule is COc1ccc(C(O)C(O)CNC(=O)OCc2ccccc2)c(Cl)c1OC. The third-order valence-corrected chi connectivity index (χ3v) is 4.26. The zero-order valence-electron chi connectivity index (χ0n) is 15.0. The third-order valence-electron chi connectivity index (χ3n) is 3.87. The Hall–Kier alpha value is -2.48. The van der Waals surface area contributed by atoms with E-state index in [9.17, 15) is 15.0 Å². The summed E-state index contributed by atoms with van der Waals surface area (Å²) < 4.78 is 15.3. The minimum Gasteiger partial charge on any atom is -0.493 e. The summed E-state index contributed by atoms with van der Waals surface area (Å²) in [5, 5.41) is 23.0. The van der Waals surface area contributed by atoms with Crippen LogP contribution in [-0.4, -0.2) is 43.2 Å². The van der Waals surface area contributed by atoms with E-state index in [1.54, 1.807) is 6.07 Å². The second-order valence-corrected chi connectivity index (χ2v) is 6.04. The van der Waals surface area contributed by atoms with E-state index in [2.05, 4.69) is 5.32 Å². The van der Waals surface area contributed by atoms with Gasteiger partial charge >= 0.3 is 6.09 Å². The average Bonchev–Trinajstić information content (AvgIpc) is 2.70. The second-order valence-electron chi connectivity index (χ2n) is 5.66. The lowest BCUT2D eigenvalue weighted by Gasteiger charge is -2.21. The summed E-state index contributed by atoms with van der Waals surface area (Å²) in [6.45, 7) is -0.119. The summed E-state index contributed by atoms with van der Waals surface area (Å²) in [6, 6.07) is 12.3. The summed E-state index contributed by atoms with van der Waals surface area (Å²) in [7, 11) is 2.88. The number of aliphatic hydroxyl groups excluding tert-OH is 2. The van der Waals surface area contributed by atoms with Gasteiger partial charge in [0.25, 0.3) is 0 Å². The maximum absolute atomic E-state index is 11.7. The first-order chi connectivity index (χ1) is 13.0. The van der Waals surface area contributed by atoms with E-state index in [1.165, 1.54) is 20.3 Å². The zero-order valence-corrected chi connectivity index (χ0v) is 15.8. The van der Waals surface area contributed by atoms with E-state index in [1.807, 2.05) is 30.3 Å². The second kappa shape index (κ2) is 10.0. The van der Waals surface area contributed by atoms with Crippen LogP contribution in [0.4, 0.5) is 4.79 Å². The fraction of sp³-hybridized carbons (Fsp3) is 0.316. The molecular formula is C19H22ClNO6. The number of amides is 1. The maximum atomic E-state index is 11.7. The molecule has 0 aliphatic heterocycles. The average molecular weight is 396 g/mol. The molecule has 2 rings (SSSR count). The number of benzene rings is 2. The van der Waals surface area contributed by atoms with Gasteiger partial charge in [0.05, 0.1) is 19.2 Å². The van der Waals surface area contributed by atoms with Crippen LogP contribution in [0.1, 0.15) is 17.2 Å². The molecule has 0 bridgehead atoms. The standard InChI is InChI=1S/C19H22ClNO6/c1-25-15-9-8-13(16(20)18(15)26-2)17(23)14(22)10-21-19(24)27-11-12-6-4-3-5-7-12/h3-9,14,17,22-23H,10-11H2,1-2H3,(H,21,24). The Bertz CT molecular complexity index is 755. The van der Waals surface area contributed by atoms with E-state index < -0.39 is 18.3 Å². The topological polar surface area (TPSA) is 97.2 Å². The molecule has 8 heteroatoms. The van der Waals surface area contributed by atoms with Crippen LogP contribution in [0.3, 0.4) is 0 Å². The van der Waals surface area contributed by atoms with Gasteiger partial charge in [0.15, 0.2) is 11.5 Å². The molecule has 0 aliphatic carbocycles. The molecule has 0 heterocycles. The zero-order chi connectivity index (χ0) is 19.8. The fourth-order valence-corrected chi connectivity index (χ4v) is 2.76. The molecule has 27 heavy (non-hydrogen) atoms. The molecule has 2 unspecified atom stereocenters. The molecule has 2 atom stereocenters. The number of methoxy groups -OCH3 is 2. The van der Waals surface area contributed by atoms with Gasteiger partial charge in [0.2, 0.25) is 0 Å². The van der Waals surface area contributed by atoms with Gasteiger partial charge in [-0.2, -0.15) is 0 Å². The number of aliphatic hydroxyl groups is 2. The van der Waals surface area contributed by atoms with Crippen molar-refractivity contribution in [3.63, 3.8) is 0 Å². The van der Waals surface area contributed by atoms with Gasteiger partial charge in [-0.25, -0.2) is 4.79 Å². The van der Waals surface area contributed by atoms with Gasteiger partial charge in [-0.05, 0) is 11.6 Å². The van der Waals surface area contributed by atoms with Gasteiger partial charge in [-0.15, -0.1) is 0 Å². The predicted octanol–water partition coefficient (Wildman–Crippen LogP) is 2.68. The molecule has 0 aliphatic rings. The summed E-state index contributed by atoms with van der Waals surface area (Å²) in [4.78, 5) is 11.7. The van der Waals surface area contributed by atoms with Crippen LogP contribution in [0, 0.1) is 0 Å². The number of halogens is 1. The number of nitrogens with one attached hydrogen (secondary N) is 1. The summed E-state index contributed by atoms with van der Waals surface area (Å²) >= 11 is 6.22. The fourth-order valence-electron chi connectivity index (χ4n) is 2.41. The smallest absolute Gasteiger partial charge is 0.407 e.